The average Bonchev–Trinajstić information content (AvgIpc) is 2.36. The fourth-order valence-corrected chi connectivity index (χ4v) is 3.70. The van der Waals surface area contributed by atoms with E-state index in [9.17, 15) is 21.6 Å². The first-order valence-corrected chi connectivity index (χ1v) is 7.94. The zero-order valence-corrected chi connectivity index (χ0v) is 12.3. The topological polar surface area (TPSA) is 63.4 Å². The largest absolute Gasteiger partial charge is 0.416 e. The fraction of sp³-hybridized carbons (Fsp3) is 0.538. The standard InChI is InChI=1S/C13H17F3N2O2S/c1-18(8-9-5-11(17)6-9)21(19,20)12-4-2-3-10(7-12)13(14,15)16/h2-4,7,9,11H,5-6,8,17H2,1H3. The molecule has 2 N–H and O–H groups in total. The summed E-state index contributed by atoms with van der Waals surface area (Å²) in [6.07, 6.45) is -3.09. The molecule has 1 aromatic carbocycles. The molecule has 0 heterocycles. The summed E-state index contributed by atoms with van der Waals surface area (Å²) < 4.78 is 63.6. The van der Waals surface area contributed by atoms with E-state index in [0.29, 0.717) is 6.07 Å². The lowest BCUT2D eigenvalue weighted by Gasteiger charge is -2.34. The van der Waals surface area contributed by atoms with Crippen molar-refractivity contribution < 1.29 is 21.6 Å². The Kier molecular flexibility index (Phi) is 4.32. The lowest BCUT2D eigenvalue weighted by Crippen LogP contribution is -2.43. The maximum Gasteiger partial charge on any atom is 0.416 e. The van der Waals surface area contributed by atoms with E-state index in [1.165, 1.54) is 13.1 Å². The summed E-state index contributed by atoms with van der Waals surface area (Å²) in [6.45, 7) is 0.270. The maximum absolute atomic E-state index is 12.7. The second kappa shape index (κ2) is 5.58. The van der Waals surface area contributed by atoms with Gasteiger partial charge in [-0.25, -0.2) is 12.7 Å². The van der Waals surface area contributed by atoms with Crippen molar-refractivity contribution in [3.63, 3.8) is 0 Å². The number of sulfonamides is 1. The van der Waals surface area contributed by atoms with Crippen LogP contribution in [0.25, 0.3) is 0 Å². The third kappa shape index (κ3) is 3.56. The van der Waals surface area contributed by atoms with Gasteiger partial charge in [-0.1, -0.05) is 6.07 Å². The van der Waals surface area contributed by atoms with E-state index in [4.69, 9.17) is 5.73 Å². The molecule has 1 aliphatic rings. The minimum absolute atomic E-state index is 0.0969. The number of rotatable bonds is 4. The van der Waals surface area contributed by atoms with Gasteiger partial charge in [-0.3, -0.25) is 0 Å². The van der Waals surface area contributed by atoms with Gasteiger partial charge in [-0.2, -0.15) is 13.2 Å². The second-order valence-electron chi connectivity index (χ2n) is 5.41. The normalized spacial score (nSPS) is 23.1. The highest BCUT2D eigenvalue weighted by Crippen LogP contribution is 2.32. The molecule has 0 bridgehead atoms. The maximum atomic E-state index is 12.7. The molecule has 0 atom stereocenters. The van der Waals surface area contributed by atoms with Crippen LogP contribution in [0.2, 0.25) is 0 Å². The zero-order chi connectivity index (χ0) is 15.8. The van der Waals surface area contributed by atoms with E-state index < -0.39 is 21.8 Å². The van der Waals surface area contributed by atoms with Gasteiger partial charge in [-0.15, -0.1) is 0 Å². The van der Waals surface area contributed by atoms with Crippen LogP contribution < -0.4 is 5.73 Å². The first kappa shape index (κ1) is 16.3. The first-order valence-electron chi connectivity index (χ1n) is 6.50. The van der Waals surface area contributed by atoms with Crippen LogP contribution in [-0.2, 0) is 16.2 Å². The van der Waals surface area contributed by atoms with Gasteiger partial charge in [0.25, 0.3) is 0 Å². The third-order valence-electron chi connectivity index (χ3n) is 3.66. The molecule has 1 saturated carbocycles. The lowest BCUT2D eigenvalue weighted by molar-refractivity contribution is -0.137. The van der Waals surface area contributed by atoms with E-state index in [-0.39, 0.29) is 23.4 Å². The quantitative estimate of drug-likeness (QED) is 0.923. The monoisotopic (exact) mass is 322 g/mol. The number of alkyl halides is 3. The Morgan fingerprint density at radius 1 is 1.33 bits per heavy atom. The summed E-state index contributed by atoms with van der Waals surface area (Å²) >= 11 is 0. The highest BCUT2D eigenvalue weighted by atomic mass is 32.2. The predicted molar refractivity (Wildman–Crippen MR) is 72.0 cm³/mol. The molecule has 21 heavy (non-hydrogen) atoms. The molecule has 1 fully saturated rings. The van der Waals surface area contributed by atoms with E-state index in [0.717, 1.165) is 29.3 Å². The summed E-state index contributed by atoms with van der Waals surface area (Å²) in [5.41, 5.74) is 4.67. The van der Waals surface area contributed by atoms with Crippen LogP contribution in [-0.4, -0.2) is 32.4 Å². The number of nitrogens with zero attached hydrogens (tertiary/aromatic N) is 1. The Morgan fingerprint density at radius 3 is 2.48 bits per heavy atom. The summed E-state index contributed by atoms with van der Waals surface area (Å²) in [6, 6.07) is 3.89. The summed E-state index contributed by atoms with van der Waals surface area (Å²) in [7, 11) is -2.54. The number of nitrogens with two attached hydrogens (primary N) is 1. The molecular weight excluding hydrogens is 305 g/mol. The van der Waals surface area contributed by atoms with E-state index in [1.807, 2.05) is 0 Å². The van der Waals surface area contributed by atoms with Crippen molar-refractivity contribution in [3.8, 4) is 0 Å². The Morgan fingerprint density at radius 2 is 1.95 bits per heavy atom. The van der Waals surface area contributed by atoms with Gasteiger partial charge in [0.05, 0.1) is 10.5 Å². The third-order valence-corrected chi connectivity index (χ3v) is 5.48. The molecule has 0 amide bonds. The van der Waals surface area contributed by atoms with Crippen LogP contribution in [0.5, 0.6) is 0 Å². The Balaban J connectivity index is 2.19. The molecule has 0 radical (unpaired) electrons. The molecule has 1 aromatic rings. The van der Waals surface area contributed by atoms with Gasteiger partial charge in [0.1, 0.15) is 0 Å². The predicted octanol–water partition coefficient (Wildman–Crippen LogP) is 2.06. The van der Waals surface area contributed by atoms with Crippen LogP contribution in [0.3, 0.4) is 0 Å². The second-order valence-corrected chi connectivity index (χ2v) is 7.45. The first-order chi connectivity index (χ1) is 9.60. The summed E-state index contributed by atoms with van der Waals surface area (Å²) in [5.74, 6) is 0.172. The van der Waals surface area contributed by atoms with Crippen molar-refractivity contribution in [2.45, 2.75) is 30.0 Å². The lowest BCUT2D eigenvalue weighted by atomic mass is 9.81. The van der Waals surface area contributed by atoms with Crippen LogP contribution in [0.4, 0.5) is 13.2 Å². The van der Waals surface area contributed by atoms with Gasteiger partial charge in [0.15, 0.2) is 0 Å². The molecule has 0 spiro atoms. The van der Waals surface area contributed by atoms with Crippen LogP contribution in [0, 0.1) is 5.92 Å². The highest BCUT2D eigenvalue weighted by Gasteiger charge is 2.34. The fourth-order valence-electron chi connectivity index (χ4n) is 2.41. The van der Waals surface area contributed by atoms with Crippen molar-refractivity contribution >= 4 is 10.0 Å². The zero-order valence-electron chi connectivity index (χ0n) is 11.5. The van der Waals surface area contributed by atoms with Gasteiger partial charge in [0.2, 0.25) is 10.0 Å². The van der Waals surface area contributed by atoms with Crippen molar-refractivity contribution in [1.82, 2.24) is 4.31 Å². The molecule has 4 nitrogen and oxygen atoms in total. The van der Waals surface area contributed by atoms with Crippen LogP contribution in [0.1, 0.15) is 18.4 Å². The van der Waals surface area contributed by atoms with E-state index in [2.05, 4.69) is 0 Å². The molecule has 8 heteroatoms. The number of hydrogen-bond acceptors (Lipinski definition) is 3. The molecule has 118 valence electrons. The molecule has 0 aromatic heterocycles. The summed E-state index contributed by atoms with van der Waals surface area (Å²) in [5, 5.41) is 0. The van der Waals surface area contributed by atoms with Crippen LogP contribution >= 0.6 is 0 Å². The Bertz CT molecular complexity index is 610. The van der Waals surface area contributed by atoms with Crippen molar-refractivity contribution in [1.29, 1.82) is 0 Å². The number of benzene rings is 1. The van der Waals surface area contributed by atoms with Gasteiger partial charge < -0.3 is 5.73 Å². The minimum Gasteiger partial charge on any atom is -0.328 e. The molecule has 0 unspecified atom stereocenters. The van der Waals surface area contributed by atoms with Crippen LogP contribution in [0.15, 0.2) is 29.2 Å². The summed E-state index contributed by atoms with van der Waals surface area (Å²) in [4.78, 5) is -0.344. The number of halogens is 3. The van der Waals surface area contributed by atoms with Crippen molar-refractivity contribution in [2.24, 2.45) is 11.7 Å². The Labute approximate surface area is 121 Å². The highest BCUT2D eigenvalue weighted by molar-refractivity contribution is 7.89. The van der Waals surface area contributed by atoms with Crippen molar-refractivity contribution in [2.75, 3.05) is 13.6 Å². The van der Waals surface area contributed by atoms with Gasteiger partial charge in [-0.05, 0) is 37.0 Å². The molecule has 0 saturated heterocycles. The van der Waals surface area contributed by atoms with Gasteiger partial charge in [0, 0.05) is 19.6 Å². The SMILES string of the molecule is CN(CC1CC(N)C1)S(=O)(=O)c1cccc(C(F)(F)F)c1. The van der Waals surface area contributed by atoms with E-state index in [1.54, 1.807) is 0 Å². The smallest absolute Gasteiger partial charge is 0.328 e. The average molecular weight is 322 g/mol. The Hall–Kier alpha value is -1.12. The molecule has 2 rings (SSSR count). The minimum atomic E-state index is -4.56. The van der Waals surface area contributed by atoms with Gasteiger partial charge >= 0.3 is 6.18 Å². The molecular formula is C13H17F3N2O2S. The molecule has 0 aliphatic heterocycles. The number of hydrogen-bond donors (Lipinski definition) is 1. The van der Waals surface area contributed by atoms with Crippen molar-refractivity contribution in [3.05, 3.63) is 29.8 Å². The van der Waals surface area contributed by atoms with E-state index >= 15 is 0 Å². The molecule has 1 aliphatic carbocycles.